The lowest BCUT2D eigenvalue weighted by atomic mass is 9.96. The Morgan fingerprint density at radius 2 is 1.59 bits per heavy atom. The standard InChI is InChI=1S/C29H31ClN2O4S/c30-24-16-18-27(19-17-24)37(35,36)31-25-20-26(14-8-3-9-15-28(33)34)32(21-25)29(22-10-4-1-5-11-22)23-12-6-2-7-13-23/h1-2,4-8,10-14,16-19,25-26,29,31H,3,9,15,20-21H2,(H,33,34)/b14-8-/t25-,26-/m1/s1. The predicted octanol–water partition coefficient (Wildman–Crippen LogP) is 5.66. The number of sulfonamides is 1. The minimum Gasteiger partial charge on any atom is -0.481 e. The number of nitrogens with zero attached hydrogens (tertiary/aromatic N) is 1. The first-order valence-electron chi connectivity index (χ1n) is 12.4. The number of likely N-dealkylation sites (tertiary alicyclic amines) is 1. The van der Waals surface area contributed by atoms with E-state index in [1.54, 1.807) is 12.1 Å². The summed E-state index contributed by atoms with van der Waals surface area (Å²) in [7, 11) is -3.73. The van der Waals surface area contributed by atoms with Crippen LogP contribution < -0.4 is 4.72 Å². The minimum absolute atomic E-state index is 0.0341. The first-order chi connectivity index (χ1) is 17.8. The zero-order chi connectivity index (χ0) is 26.3. The van der Waals surface area contributed by atoms with E-state index in [1.807, 2.05) is 42.5 Å². The fourth-order valence-electron chi connectivity index (χ4n) is 4.83. The normalized spacial score (nSPS) is 18.5. The van der Waals surface area contributed by atoms with Gasteiger partial charge < -0.3 is 5.11 Å². The maximum Gasteiger partial charge on any atom is 0.303 e. The predicted molar refractivity (Wildman–Crippen MR) is 146 cm³/mol. The number of rotatable bonds is 11. The summed E-state index contributed by atoms with van der Waals surface area (Å²) in [6, 6.07) is 26.1. The van der Waals surface area contributed by atoms with Gasteiger partial charge in [-0.15, -0.1) is 0 Å². The van der Waals surface area contributed by atoms with E-state index in [4.69, 9.17) is 16.7 Å². The van der Waals surface area contributed by atoms with Gasteiger partial charge in [-0.1, -0.05) is 84.4 Å². The van der Waals surface area contributed by atoms with Crippen molar-refractivity contribution >= 4 is 27.6 Å². The molecule has 2 atom stereocenters. The number of allylic oxidation sites excluding steroid dienone is 1. The van der Waals surface area contributed by atoms with Crippen molar-refractivity contribution in [3.05, 3.63) is 113 Å². The molecule has 1 heterocycles. The first-order valence-corrected chi connectivity index (χ1v) is 14.2. The summed E-state index contributed by atoms with van der Waals surface area (Å²) < 4.78 is 29.2. The largest absolute Gasteiger partial charge is 0.481 e. The monoisotopic (exact) mass is 538 g/mol. The molecule has 3 aromatic rings. The Labute approximate surface area is 223 Å². The van der Waals surface area contributed by atoms with Gasteiger partial charge in [0, 0.05) is 30.1 Å². The number of halogens is 1. The summed E-state index contributed by atoms with van der Waals surface area (Å²) in [6.45, 7) is 0.519. The average molecular weight is 539 g/mol. The quantitative estimate of drug-likeness (QED) is 0.243. The fraction of sp³-hybridized carbons (Fsp3) is 0.276. The Hall–Kier alpha value is -2.97. The second kappa shape index (κ2) is 12.5. The molecule has 0 unspecified atom stereocenters. The van der Waals surface area contributed by atoms with Crippen molar-refractivity contribution in [3.63, 3.8) is 0 Å². The lowest BCUT2D eigenvalue weighted by Gasteiger charge is -2.33. The smallest absolute Gasteiger partial charge is 0.303 e. The van der Waals surface area contributed by atoms with Crippen LogP contribution in [0, 0.1) is 0 Å². The van der Waals surface area contributed by atoms with Crippen LogP contribution in [0.4, 0.5) is 0 Å². The molecule has 0 aromatic heterocycles. The summed E-state index contributed by atoms with van der Waals surface area (Å²) >= 11 is 5.95. The summed E-state index contributed by atoms with van der Waals surface area (Å²) in [5, 5.41) is 9.42. The zero-order valence-electron chi connectivity index (χ0n) is 20.4. The lowest BCUT2D eigenvalue weighted by molar-refractivity contribution is -0.137. The molecule has 1 aliphatic heterocycles. The number of carboxylic acid groups (broad SMARTS) is 1. The molecule has 0 aliphatic carbocycles. The second-order valence-electron chi connectivity index (χ2n) is 9.21. The van der Waals surface area contributed by atoms with Crippen molar-refractivity contribution in [2.24, 2.45) is 0 Å². The van der Waals surface area contributed by atoms with E-state index in [1.165, 1.54) is 12.1 Å². The second-order valence-corrected chi connectivity index (χ2v) is 11.4. The SMILES string of the molecule is O=C(O)CCC/C=C\[C@@H]1C[C@@H](NS(=O)(=O)c2ccc(Cl)cc2)CN1C(c1ccccc1)c1ccccc1. The van der Waals surface area contributed by atoms with Crippen LogP contribution in [0.3, 0.4) is 0 Å². The van der Waals surface area contributed by atoms with Crippen LogP contribution in [0.2, 0.25) is 5.02 Å². The molecule has 194 valence electrons. The van der Waals surface area contributed by atoms with Crippen LogP contribution in [-0.4, -0.2) is 43.0 Å². The average Bonchev–Trinajstić information content (AvgIpc) is 3.26. The molecule has 0 spiro atoms. The highest BCUT2D eigenvalue weighted by Gasteiger charge is 2.38. The molecule has 1 aliphatic rings. The van der Waals surface area contributed by atoms with Crippen molar-refractivity contribution in [1.29, 1.82) is 0 Å². The number of carboxylic acids is 1. The van der Waals surface area contributed by atoms with E-state index in [-0.39, 0.29) is 29.4 Å². The first kappa shape index (κ1) is 27.1. The molecule has 37 heavy (non-hydrogen) atoms. The summed E-state index contributed by atoms with van der Waals surface area (Å²) in [6.07, 6.45) is 6.05. The van der Waals surface area contributed by atoms with Crippen LogP contribution >= 0.6 is 11.6 Å². The molecular formula is C29H31ClN2O4S. The maximum atomic E-state index is 13.1. The number of benzene rings is 3. The maximum absolute atomic E-state index is 13.1. The van der Waals surface area contributed by atoms with Gasteiger partial charge in [-0.2, -0.15) is 0 Å². The Balaban J connectivity index is 1.62. The highest BCUT2D eigenvalue weighted by atomic mass is 35.5. The van der Waals surface area contributed by atoms with Gasteiger partial charge in [0.1, 0.15) is 0 Å². The lowest BCUT2D eigenvalue weighted by Crippen LogP contribution is -2.38. The van der Waals surface area contributed by atoms with Crippen molar-refractivity contribution in [2.45, 2.75) is 48.7 Å². The molecule has 4 rings (SSSR count). The zero-order valence-corrected chi connectivity index (χ0v) is 22.0. The molecule has 1 saturated heterocycles. The third kappa shape index (κ3) is 7.29. The highest BCUT2D eigenvalue weighted by Crippen LogP contribution is 2.36. The van der Waals surface area contributed by atoms with Crippen LogP contribution in [0.15, 0.2) is 102 Å². The minimum atomic E-state index is -3.73. The van der Waals surface area contributed by atoms with Gasteiger partial charge in [-0.05, 0) is 54.7 Å². The number of hydrogen-bond acceptors (Lipinski definition) is 4. The molecule has 3 aromatic carbocycles. The number of aliphatic carboxylic acids is 1. The van der Waals surface area contributed by atoms with Crippen molar-refractivity contribution < 1.29 is 18.3 Å². The Morgan fingerprint density at radius 1 is 1.00 bits per heavy atom. The van der Waals surface area contributed by atoms with E-state index >= 15 is 0 Å². The highest BCUT2D eigenvalue weighted by molar-refractivity contribution is 7.89. The molecule has 1 fully saturated rings. The van der Waals surface area contributed by atoms with E-state index in [9.17, 15) is 13.2 Å². The Bertz CT molecular complexity index is 1260. The van der Waals surface area contributed by atoms with Crippen LogP contribution in [0.1, 0.15) is 42.9 Å². The number of hydrogen-bond donors (Lipinski definition) is 2. The molecule has 8 heteroatoms. The molecule has 2 N–H and O–H groups in total. The van der Waals surface area contributed by atoms with E-state index in [2.05, 4.69) is 40.0 Å². The van der Waals surface area contributed by atoms with E-state index in [0.717, 1.165) is 11.1 Å². The molecule has 0 bridgehead atoms. The number of unbranched alkanes of at least 4 members (excludes halogenated alkanes) is 1. The van der Waals surface area contributed by atoms with Crippen LogP contribution in [-0.2, 0) is 14.8 Å². The number of nitrogens with one attached hydrogen (secondary N) is 1. The molecule has 0 radical (unpaired) electrons. The molecular weight excluding hydrogens is 508 g/mol. The summed E-state index contributed by atoms with van der Waals surface area (Å²) in [4.78, 5) is 13.4. The van der Waals surface area contributed by atoms with Crippen molar-refractivity contribution in [3.8, 4) is 0 Å². The van der Waals surface area contributed by atoms with E-state index in [0.29, 0.717) is 30.8 Å². The van der Waals surface area contributed by atoms with Gasteiger partial charge in [0.05, 0.1) is 10.9 Å². The van der Waals surface area contributed by atoms with Gasteiger partial charge in [-0.3, -0.25) is 9.69 Å². The van der Waals surface area contributed by atoms with Crippen LogP contribution in [0.25, 0.3) is 0 Å². The Kier molecular flexibility index (Phi) is 9.16. The van der Waals surface area contributed by atoms with Crippen LogP contribution in [0.5, 0.6) is 0 Å². The van der Waals surface area contributed by atoms with Gasteiger partial charge in [0.2, 0.25) is 10.0 Å². The van der Waals surface area contributed by atoms with Gasteiger partial charge in [-0.25, -0.2) is 13.1 Å². The van der Waals surface area contributed by atoms with Gasteiger partial charge >= 0.3 is 5.97 Å². The summed E-state index contributed by atoms with van der Waals surface area (Å²) in [5.41, 5.74) is 2.25. The van der Waals surface area contributed by atoms with Gasteiger partial charge in [0.25, 0.3) is 0 Å². The van der Waals surface area contributed by atoms with Gasteiger partial charge in [0.15, 0.2) is 0 Å². The summed E-state index contributed by atoms with van der Waals surface area (Å²) in [5.74, 6) is -0.805. The fourth-order valence-corrected chi connectivity index (χ4v) is 6.20. The van der Waals surface area contributed by atoms with E-state index < -0.39 is 16.0 Å². The molecule has 0 saturated carbocycles. The number of carbonyl (C=O) groups is 1. The van der Waals surface area contributed by atoms with Crippen molar-refractivity contribution in [2.75, 3.05) is 6.54 Å². The Morgan fingerprint density at radius 3 is 2.16 bits per heavy atom. The molecule has 6 nitrogen and oxygen atoms in total. The topological polar surface area (TPSA) is 86.7 Å². The molecule has 0 amide bonds. The van der Waals surface area contributed by atoms with Crippen molar-refractivity contribution in [1.82, 2.24) is 9.62 Å². The third-order valence-corrected chi connectivity index (χ3v) is 8.30. The third-order valence-electron chi connectivity index (χ3n) is 6.51.